The molecular formula is C11H17F2N3OS. The Balaban J connectivity index is 2.81. The van der Waals surface area contributed by atoms with E-state index in [-0.39, 0.29) is 16.9 Å². The van der Waals surface area contributed by atoms with Crippen molar-refractivity contribution in [3.63, 3.8) is 0 Å². The molecule has 0 saturated heterocycles. The molecule has 0 amide bonds. The van der Waals surface area contributed by atoms with Crippen LogP contribution in [0.4, 0.5) is 20.4 Å². The van der Waals surface area contributed by atoms with Crippen LogP contribution in [0.2, 0.25) is 0 Å². The summed E-state index contributed by atoms with van der Waals surface area (Å²) in [6.45, 7) is 4.37. The SMILES string of the molecule is CCNc1nc(NCC(C)S(C)=O)c(F)cc1F. The van der Waals surface area contributed by atoms with E-state index in [0.717, 1.165) is 6.07 Å². The van der Waals surface area contributed by atoms with Crippen LogP contribution in [-0.4, -0.2) is 33.8 Å². The van der Waals surface area contributed by atoms with Crippen LogP contribution in [0.25, 0.3) is 0 Å². The third kappa shape index (κ3) is 3.90. The second kappa shape index (κ2) is 6.63. The first-order valence-electron chi connectivity index (χ1n) is 5.61. The van der Waals surface area contributed by atoms with Crippen LogP contribution < -0.4 is 10.6 Å². The van der Waals surface area contributed by atoms with E-state index < -0.39 is 22.4 Å². The molecule has 1 rings (SSSR count). The monoisotopic (exact) mass is 277 g/mol. The summed E-state index contributed by atoms with van der Waals surface area (Å²) in [6.07, 6.45) is 1.57. The lowest BCUT2D eigenvalue weighted by Gasteiger charge is -2.13. The molecule has 0 saturated carbocycles. The normalized spacial score (nSPS) is 14.1. The molecule has 1 aromatic heterocycles. The first kappa shape index (κ1) is 14.8. The van der Waals surface area contributed by atoms with Crippen molar-refractivity contribution in [2.75, 3.05) is 30.0 Å². The fourth-order valence-corrected chi connectivity index (χ4v) is 1.56. The number of hydrogen-bond acceptors (Lipinski definition) is 4. The van der Waals surface area contributed by atoms with Gasteiger partial charge in [0.15, 0.2) is 23.3 Å². The van der Waals surface area contributed by atoms with Crippen LogP contribution in [-0.2, 0) is 10.8 Å². The number of hydrogen-bond donors (Lipinski definition) is 2. The zero-order valence-electron chi connectivity index (χ0n) is 10.6. The Kier molecular flexibility index (Phi) is 5.46. The highest BCUT2D eigenvalue weighted by Crippen LogP contribution is 2.18. The summed E-state index contributed by atoms with van der Waals surface area (Å²) >= 11 is 0. The van der Waals surface area contributed by atoms with Gasteiger partial charge < -0.3 is 10.6 Å². The quantitative estimate of drug-likeness (QED) is 0.834. The molecule has 0 fully saturated rings. The number of aromatic nitrogens is 1. The van der Waals surface area contributed by atoms with Crippen molar-refractivity contribution in [1.29, 1.82) is 0 Å². The molecule has 0 spiro atoms. The molecule has 0 aliphatic heterocycles. The molecule has 102 valence electrons. The molecule has 2 atom stereocenters. The topological polar surface area (TPSA) is 54.0 Å². The Hall–Kier alpha value is -1.24. The Morgan fingerprint density at radius 2 is 1.89 bits per heavy atom. The number of pyridine rings is 1. The number of halogens is 2. The van der Waals surface area contributed by atoms with Crippen LogP contribution in [0.15, 0.2) is 6.07 Å². The Labute approximate surface area is 108 Å². The lowest BCUT2D eigenvalue weighted by molar-refractivity contribution is 0.578. The maximum absolute atomic E-state index is 13.5. The van der Waals surface area contributed by atoms with Gasteiger partial charge in [-0.15, -0.1) is 0 Å². The van der Waals surface area contributed by atoms with E-state index in [0.29, 0.717) is 13.1 Å². The van der Waals surface area contributed by atoms with E-state index in [1.165, 1.54) is 0 Å². The average molecular weight is 277 g/mol. The highest BCUT2D eigenvalue weighted by Gasteiger charge is 2.13. The molecule has 0 aliphatic rings. The van der Waals surface area contributed by atoms with Crippen molar-refractivity contribution in [2.24, 2.45) is 0 Å². The minimum atomic E-state index is -1.01. The summed E-state index contributed by atoms with van der Waals surface area (Å²) in [4.78, 5) is 3.82. The molecule has 1 heterocycles. The summed E-state index contributed by atoms with van der Waals surface area (Å²) in [5.41, 5.74) is 0. The van der Waals surface area contributed by atoms with Crippen molar-refractivity contribution in [1.82, 2.24) is 4.98 Å². The largest absolute Gasteiger partial charge is 0.368 e. The molecule has 4 nitrogen and oxygen atoms in total. The number of nitrogens with zero attached hydrogens (tertiary/aromatic N) is 1. The van der Waals surface area contributed by atoms with Crippen LogP contribution in [0.5, 0.6) is 0 Å². The van der Waals surface area contributed by atoms with E-state index in [1.54, 1.807) is 20.1 Å². The van der Waals surface area contributed by atoms with Gasteiger partial charge in [0.1, 0.15) is 0 Å². The minimum Gasteiger partial charge on any atom is -0.368 e. The van der Waals surface area contributed by atoms with Gasteiger partial charge in [-0.2, -0.15) is 0 Å². The van der Waals surface area contributed by atoms with Crippen LogP contribution in [0, 0.1) is 11.6 Å². The standard InChI is InChI=1S/C11H17F2N3OS/c1-4-14-10-8(12)5-9(13)11(16-10)15-6-7(2)18(3)17/h5,7H,4,6H2,1-3H3,(H2,14,15,16). The Morgan fingerprint density at radius 1 is 1.33 bits per heavy atom. The van der Waals surface area contributed by atoms with E-state index in [4.69, 9.17) is 0 Å². The third-order valence-electron chi connectivity index (χ3n) is 2.40. The predicted octanol–water partition coefficient (Wildman–Crippen LogP) is 1.97. The van der Waals surface area contributed by atoms with Crippen molar-refractivity contribution in [2.45, 2.75) is 19.1 Å². The lowest BCUT2D eigenvalue weighted by atomic mass is 10.3. The smallest absolute Gasteiger partial charge is 0.168 e. The van der Waals surface area contributed by atoms with Crippen molar-refractivity contribution < 1.29 is 13.0 Å². The van der Waals surface area contributed by atoms with Gasteiger partial charge in [-0.25, -0.2) is 13.8 Å². The van der Waals surface area contributed by atoms with E-state index in [1.807, 2.05) is 0 Å². The molecule has 1 aromatic rings. The zero-order chi connectivity index (χ0) is 13.7. The Morgan fingerprint density at radius 3 is 2.39 bits per heavy atom. The van der Waals surface area contributed by atoms with Gasteiger partial charge in [0.05, 0.1) is 0 Å². The fourth-order valence-electron chi connectivity index (χ4n) is 1.24. The predicted molar refractivity (Wildman–Crippen MR) is 70.3 cm³/mol. The van der Waals surface area contributed by atoms with Crippen molar-refractivity contribution >= 4 is 22.4 Å². The van der Waals surface area contributed by atoms with Crippen LogP contribution in [0.1, 0.15) is 13.8 Å². The molecule has 0 radical (unpaired) electrons. The number of rotatable bonds is 6. The Bertz CT molecular complexity index is 443. The van der Waals surface area contributed by atoms with Crippen LogP contribution >= 0.6 is 0 Å². The molecule has 18 heavy (non-hydrogen) atoms. The van der Waals surface area contributed by atoms with Gasteiger partial charge in [-0.3, -0.25) is 4.21 Å². The first-order chi connectivity index (χ1) is 8.45. The summed E-state index contributed by atoms with van der Waals surface area (Å²) in [5.74, 6) is -1.52. The van der Waals surface area contributed by atoms with Gasteiger partial charge in [-0.1, -0.05) is 0 Å². The lowest BCUT2D eigenvalue weighted by Crippen LogP contribution is -2.22. The summed E-state index contributed by atoms with van der Waals surface area (Å²) in [6, 6.07) is 0.779. The molecule has 2 unspecified atom stereocenters. The second-order valence-electron chi connectivity index (χ2n) is 3.87. The van der Waals surface area contributed by atoms with E-state index in [9.17, 15) is 13.0 Å². The van der Waals surface area contributed by atoms with Gasteiger partial charge in [0.2, 0.25) is 0 Å². The third-order valence-corrected chi connectivity index (χ3v) is 3.70. The molecule has 7 heteroatoms. The van der Waals surface area contributed by atoms with Gasteiger partial charge in [0, 0.05) is 41.5 Å². The molecule has 0 bridgehead atoms. The molecule has 0 aromatic carbocycles. The molecular weight excluding hydrogens is 260 g/mol. The van der Waals surface area contributed by atoms with Gasteiger partial charge in [0.25, 0.3) is 0 Å². The minimum absolute atomic E-state index is 0.00618. The maximum Gasteiger partial charge on any atom is 0.168 e. The molecule has 2 N–H and O–H groups in total. The summed E-state index contributed by atoms with van der Waals surface area (Å²) < 4.78 is 37.9. The summed E-state index contributed by atoms with van der Waals surface area (Å²) in [7, 11) is -1.01. The van der Waals surface area contributed by atoms with E-state index in [2.05, 4.69) is 15.6 Å². The highest BCUT2D eigenvalue weighted by atomic mass is 32.2. The van der Waals surface area contributed by atoms with E-state index >= 15 is 0 Å². The van der Waals surface area contributed by atoms with Crippen molar-refractivity contribution in [3.05, 3.63) is 17.7 Å². The van der Waals surface area contributed by atoms with Crippen molar-refractivity contribution in [3.8, 4) is 0 Å². The zero-order valence-corrected chi connectivity index (χ0v) is 11.4. The number of anilines is 2. The average Bonchev–Trinajstić information content (AvgIpc) is 2.30. The van der Waals surface area contributed by atoms with Gasteiger partial charge in [-0.05, 0) is 13.8 Å². The summed E-state index contributed by atoms with van der Waals surface area (Å²) in [5, 5.41) is 5.30. The highest BCUT2D eigenvalue weighted by molar-refractivity contribution is 7.84. The second-order valence-corrected chi connectivity index (χ2v) is 5.67. The molecule has 0 aliphatic carbocycles. The fraction of sp³-hybridized carbons (Fsp3) is 0.545. The van der Waals surface area contributed by atoms with Gasteiger partial charge >= 0.3 is 0 Å². The first-order valence-corrected chi connectivity index (χ1v) is 7.23. The maximum atomic E-state index is 13.5. The number of nitrogens with one attached hydrogen (secondary N) is 2. The van der Waals surface area contributed by atoms with Crippen LogP contribution in [0.3, 0.4) is 0 Å².